The summed E-state index contributed by atoms with van der Waals surface area (Å²) >= 11 is 0.853. The number of halogens is 3. The van der Waals surface area contributed by atoms with E-state index in [2.05, 4.69) is 15.1 Å². The molecule has 0 aliphatic carbocycles. The fourth-order valence-electron chi connectivity index (χ4n) is 1.82. The van der Waals surface area contributed by atoms with Gasteiger partial charge in [0.25, 0.3) is 0 Å². The van der Waals surface area contributed by atoms with Crippen LogP contribution in [0.4, 0.5) is 13.2 Å². The molecule has 0 amide bonds. The van der Waals surface area contributed by atoms with Crippen LogP contribution in [0.3, 0.4) is 0 Å². The van der Waals surface area contributed by atoms with E-state index < -0.39 is 23.9 Å². The summed E-state index contributed by atoms with van der Waals surface area (Å²) < 4.78 is 45.4. The predicted octanol–water partition coefficient (Wildman–Crippen LogP) is 1.88. The van der Waals surface area contributed by atoms with Gasteiger partial charge >= 0.3 is 12.1 Å². The quantitative estimate of drug-likeness (QED) is 0.468. The second kappa shape index (κ2) is 7.83. The van der Waals surface area contributed by atoms with E-state index in [4.69, 9.17) is 10.5 Å². The molecule has 0 saturated heterocycles. The Hall–Kier alpha value is -2.14. The molecule has 11 heteroatoms. The lowest BCUT2D eigenvalue weighted by atomic mass is 10.2. The monoisotopic (exact) mass is 375 g/mol. The van der Waals surface area contributed by atoms with Gasteiger partial charge in [-0.05, 0) is 13.0 Å². The van der Waals surface area contributed by atoms with Gasteiger partial charge in [-0.3, -0.25) is 9.48 Å². The molecule has 0 bridgehead atoms. The molecular formula is C14H16F3N5O2S. The van der Waals surface area contributed by atoms with Crippen molar-refractivity contribution in [2.45, 2.75) is 24.3 Å². The molecule has 0 fully saturated rings. The van der Waals surface area contributed by atoms with Crippen LogP contribution in [-0.2, 0) is 22.8 Å². The van der Waals surface area contributed by atoms with Crippen LogP contribution in [-0.4, -0.2) is 44.1 Å². The third-order valence-electron chi connectivity index (χ3n) is 2.98. The second-order valence-corrected chi connectivity index (χ2v) is 5.98. The molecule has 2 aromatic heterocycles. The first-order chi connectivity index (χ1) is 11.7. The van der Waals surface area contributed by atoms with Crippen LogP contribution in [0.15, 0.2) is 23.6 Å². The molecule has 0 spiro atoms. The Balaban J connectivity index is 2.26. The molecule has 1 unspecified atom stereocenters. The zero-order valence-corrected chi connectivity index (χ0v) is 14.3. The maximum Gasteiger partial charge on any atom is 0.433 e. The molecular weight excluding hydrogens is 359 g/mol. The van der Waals surface area contributed by atoms with Gasteiger partial charge in [0.05, 0.1) is 18.5 Å². The van der Waals surface area contributed by atoms with Crippen molar-refractivity contribution in [1.29, 1.82) is 0 Å². The van der Waals surface area contributed by atoms with Crippen LogP contribution in [0.5, 0.6) is 0 Å². The number of carbonyl (C=O) groups excluding carboxylic acids is 1. The largest absolute Gasteiger partial charge is 0.465 e. The SMILES string of the molecule is CCOC(=O)C(N)CSc1nc(-c2cnn(C)c2)cc(C(F)(F)F)n1. The third-order valence-corrected chi connectivity index (χ3v) is 3.94. The summed E-state index contributed by atoms with van der Waals surface area (Å²) in [5.74, 6) is -0.637. The maximum absolute atomic E-state index is 13.1. The highest BCUT2D eigenvalue weighted by Crippen LogP contribution is 2.31. The number of nitrogens with two attached hydrogens (primary N) is 1. The number of rotatable bonds is 6. The summed E-state index contributed by atoms with van der Waals surface area (Å²) in [6.45, 7) is 1.80. The molecule has 7 nitrogen and oxygen atoms in total. The Kier molecular flexibility index (Phi) is 6.01. The van der Waals surface area contributed by atoms with Gasteiger partial charge in [0.15, 0.2) is 5.16 Å². The standard InChI is InChI=1S/C14H16F3N5O2S/c1-3-24-12(23)9(18)7-25-13-20-10(8-5-19-22(2)6-8)4-11(21-13)14(15,16)17/h4-6,9H,3,7,18H2,1-2H3. The summed E-state index contributed by atoms with van der Waals surface area (Å²) in [5, 5.41) is 3.79. The van der Waals surface area contributed by atoms with Crippen molar-refractivity contribution in [1.82, 2.24) is 19.7 Å². The Labute approximate surface area is 145 Å². The molecule has 2 aromatic rings. The topological polar surface area (TPSA) is 95.9 Å². The number of alkyl halides is 3. The lowest BCUT2D eigenvalue weighted by Gasteiger charge is -2.12. The van der Waals surface area contributed by atoms with E-state index in [0.717, 1.165) is 17.8 Å². The minimum atomic E-state index is -4.63. The Morgan fingerprint density at radius 3 is 2.72 bits per heavy atom. The van der Waals surface area contributed by atoms with Gasteiger partial charge in [-0.2, -0.15) is 18.3 Å². The van der Waals surface area contributed by atoms with E-state index in [1.54, 1.807) is 20.2 Å². The summed E-state index contributed by atoms with van der Waals surface area (Å²) in [4.78, 5) is 19.1. The second-order valence-electron chi connectivity index (χ2n) is 4.99. The van der Waals surface area contributed by atoms with E-state index in [9.17, 15) is 18.0 Å². The van der Waals surface area contributed by atoms with E-state index in [-0.39, 0.29) is 23.2 Å². The number of hydrogen-bond acceptors (Lipinski definition) is 7. The highest BCUT2D eigenvalue weighted by Gasteiger charge is 2.34. The Bertz CT molecular complexity index is 750. The molecule has 0 radical (unpaired) electrons. The van der Waals surface area contributed by atoms with Crippen molar-refractivity contribution >= 4 is 17.7 Å². The number of aryl methyl sites for hydroxylation is 1. The van der Waals surface area contributed by atoms with Crippen molar-refractivity contribution in [3.05, 3.63) is 24.2 Å². The summed E-state index contributed by atoms with van der Waals surface area (Å²) in [7, 11) is 1.64. The van der Waals surface area contributed by atoms with Crippen LogP contribution in [0.1, 0.15) is 12.6 Å². The van der Waals surface area contributed by atoms with Gasteiger partial charge in [-0.15, -0.1) is 0 Å². The van der Waals surface area contributed by atoms with E-state index >= 15 is 0 Å². The lowest BCUT2D eigenvalue weighted by Crippen LogP contribution is -2.34. The zero-order valence-electron chi connectivity index (χ0n) is 13.4. The van der Waals surface area contributed by atoms with Crippen LogP contribution in [0.25, 0.3) is 11.3 Å². The highest BCUT2D eigenvalue weighted by atomic mass is 32.2. The van der Waals surface area contributed by atoms with Crippen LogP contribution < -0.4 is 5.73 Å². The van der Waals surface area contributed by atoms with Gasteiger partial charge in [-0.1, -0.05) is 11.8 Å². The smallest absolute Gasteiger partial charge is 0.433 e. The number of thioether (sulfide) groups is 1. The fourth-order valence-corrected chi connectivity index (χ4v) is 2.61. The average Bonchev–Trinajstić information content (AvgIpc) is 2.98. The van der Waals surface area contributed by atoms with Gasteiger partial charge in [-0.25, -0.2) is 9.97 Å². The number of nitrogens with zero attached hydrogens (tertiary/aromatic N) is 4. The number of carbonyl (C=O) groups is 1. The first-order valence-corrected chi connectivity index (χ1v) is 8.19. The average molecular weight is 375 g/mol. The van der Waals surface area contributed by atoms with Gasteiger partial charge in [0, 0.05) is 24.6 Å². The summed E-state index contributed by atoms with van der Waals surface area (Å²) in [6.07, 6.45) is -1.68. The first kappa shape index (κ1) is 19.2. The Morgan fingerprint density at radius 2 is 2.16 bits per heavy atom. The molecule has 2 rings (SSSR count). The minimum Gasteiger partial charge on any atom is -0.465 e. The molecule has 0 saturated carbocycles. The van der Waals surface area contributed by atoms with Crippen molar-refractivity contribution in [3.8, 4) is 11.3 Å². The molecule has 1 atom stereocenters. The van der Waals surface area contributed by atoms with Crippen LogP contribution in [0.2, 0.25) is 0 Å². The predicted molar refractivity (Wildman–Crippen MR) is 84.6 cm³/mol. The Morgan fingerprint density at radius 1 is 1.44 bits per heavy atom. The number of ether oxygens (including phenoxy) is 1. The molecule has 0 aromatic carbocycles. The van der Waals surface area contributed by atoms with Crippen LogP contribution >= 0.6 is 11.8 Å². The molecule has 0 aliphatic heterocycles. The number of esters is 1. The molecule has 25 heavy (non-hydrogen) atoms. The first-order valence-electron chi connectivity index (χ1n) is 7.21. The van der Waals surface area contributed by atoms with Gasteiger partial charge in [0.2, 0.25) is 0 Å². The summed E-state index contributed by atoms with van der Waals surface area (Å²) in [6, 6.07) is -0.128. The number of aromatic nitrogens is 4. The normalized spacial score (nSPS) is 12.9. The zero-order chi connectivity index (χ0) is 18.6. The van der Waals surface area contributed by atoms with Crippen molar-refractivity contribution in [2.75, 3.05) is 12.4 Å². The molecule has 2 heterocycles. The van der Waals surface area contributed by atoms with Gasteiger partial charge < -0.3 is 10.5 Å². The minimum absolute atomic E-state index is 0.00732. The fraction of sp³-hybridized carbons (Fsp3) is 0.429. The molecule has 0 aliphatic rings. The summed E-state index contributed by atoms with van der Waals surface area (Å²) in [5.41, 5.74) is 5.07. The van der Waals surface area contributed by atoms with Crippen LogP contribution in [0, 0.1) is 0 Å². The molecule has 2 N–H and O–H groups in total. The van der Waals surface area contributed by atoms with E-state index in [1.807, 2.05) is 0 Å². The van der Waals surface area contributed by atoms with E-state index in [0.29, 0.717) is 5.56 Å². The van der Waals surface area contributed by atoms with Gasteiger partial charge in [0.1, 0.15) is 11.7 Å². The van der Waals surface area contributed by atoms with Crippen molar-refractivity contribution in [3.63, 3.8) is 0 Å². The third kappa shape index (κ3) is 5.16. The molecule has 136 valence electrons. The van der Waals surface area contributed by atoms with Crippen molar-refractivity contribution < 1.29 is 22.7 Å². The maximum atomic E-state index is 13.1. The number of hydrogen-bond donors (Lipinski definition) is 1. The van der Waals surface area contributed by atoms with Crippen molar-refractivity contribution in [2.24, 2.45) is 12.8 Å². The van der Waals surface area contributed by atoms with E-state index in [1.165, 1.54) is 10.9 Å². The lowest BCUT2D eigenvalue weighted by molar-refractivity contribution is -0.144. The highest BCUT2D eigenvalue weighted by molar-refractivity contribution is 7.99.